The first-order valence-electron chi connectivity index (χ1n) is 26.4. The predicted molar refractivity (Wildman–Crippen MR) is 293 cm³/mol. The predicted octanol–water partition coefficient (Wildman–Crippen LogP) is 6.22. The van der Waals surface area contributed by atoms with Crippen LogP contribution in [0.15, 0.2) is 90.1 Å². The highest BCUT2D eigenvalue weighted by atomic mass is 35.5. The fraction of sp³-hybridized carbons (Fsp3) is 0.439. The minimum Gasteiger partial charge on any atom is -0.391 e. The molecule has 3 aromatic carbocycles. The Balaban J connectivity index is 0.915. The molecule has 1 saturated heterocycles. The van der Waals surface area contributed by atoms with Crippen molar-refractivity contribution in [3.05, 3.63) is 135 Å². The monoisotopic (exact) mass is 1080 g/mol. The van der Waals surface area contributed by atoms with E-state index in [1.165, 1.54) is 9.58 Å². The molecular formula is C57H65ClN12O6S. The molecule has 1 saturated carbocycles. The second kappa shape index (κ2) is 21.7. The fourth-order valence-electron chi connectivity index (χ4n) is 10.9. The van der Waals surface area contributed by atoms with E-state index in [-0.39, 0.29) is 57.3 Å². The molecule has 77 heavy (non-hydrogen) atoms. The summed E-state index contributed by atoms with van der Waals surface area (Å²) in [6, 6.07) is 21.4. The molecule has 3 aliphatic heterocycles. The zero-order valence-electron chi connectivity index (χ0n) is 44.2. The molecule has 5 N–H and O–H groups in total. The summed E-state index contributed by atoms with van der Waals surface area (Å²) < 4.78 is 3.52. The third kappa shape index (κ3) is 11.2. The number of aromatic nitrogens is 6. The van der Waals surface area contributed by atoms with Gasteiger partial charge in [0.1, 0.15) is 35.0 Å². The average Bonchev–Trinajstić information content (AvgIpc) is 3.74. The average molecular weight is 1080 g/mol. The number of hydrogen-bond donors (Lipinski definition) is 5. The maximum atomic E-state index is 14.8. The molecule has 4 aliphatic rings. The number of rotatable bonds is 8. The number of aliphatic hydroxyl groups excluding tert-OH is 1. The molecule has 2 bridgehead atoms. The Morgan fingerprint density at radius 2 is 1.60 bits per heavy atom. The number of nitrogens with one attached hydrogen (secondary N) is 4. The molecule has 3 aromatic heterocycles. The maximum absolute atomic E-state index is 14.8. The lowest BCUT2D eigenvalue weighted by Gasteiger charge is -2.35. The number of thiophene rings is 1. The number of halogens is 1. The van der Waals surface area contributed by atoms with Crippen LogP contribution >= 0.6 is 22.9 Å². The van der Waals surface area contributed by atoms with Crippen LogP contribution < -0.4 is 21.3 Å². The Morgan fingerprint density at radius 3 is 2.31 bits per heavy atom. The quantitative estimate of drug-likeness (QED) is 0.116. The van der Waals surface area contributed by atoms with Crippen LogP contribution in [-0.2, 0) is 35.8 Å². The van der Waals surface area contributed by atoms with Gasteiger partial charge in [0.15, 0.2) is 5.82 Å². The van der Waals surface area contributed by atoms with Crippen molar-refractivity contribution in [1.82, 2.24) is 55.9 Å². The number of carbonyl (C=O) groups excluding carboxylic acids is 5. The van der Waals surface area contributed by atoms with E-state index < -0.39 is 64.7 Å². The van der Waals surface area contributed by atoms with Gasteiger partial charge in [0, 0.05) is 65.5 Å². The lowest BCUT2D eigenvalue weighted by atomic mass is 9.85. The molecule has 2 fully saturated rings. The number of aliphatic imine (C=N–C) groups is 1. The van der Waals surface area contributed by atoms with E-state index in [1.807, 2.05) is 111 Å². The Morgan fingerprint density at radius 1 is 0.883 bits per heavy atom. The van der Waals surface area contributed by atoms with Crippen LogP contribution in [0.2, 0.25) is 5.02 Å². The van der Waals surface area contributed by atoms with E-state index in [9.17, 15) is 29.1 Å². The third-order valence-electron chi connectivity index (χ3n) is 15.5. The van der Waals surface area contributed by atoms with Gasteiger partial charge in [0.2, 0.25) is 29.5 Å². The van der Waals surface area contributed by atoms with Gasteiger partial charge in [0.25, 0.3) is 0 Å². The molecule has 0 unspecified atom stereocenters. The van der Waals surface area contributed by atoms with Gasteiger partial charge in [-0.1, -0.05) is 104 Å². The van der Waals surface area contributed by atoms with Crippen LogP contribution in [0, 0.1) is 32.1 Å². The Bertz CT molecular complexity index is 3230. The van der Waals surface area contributed by atoms with Crippen molar-refractivity contribution >= 4 is 58.2 Å². The number of aryl methyl sites for hydroxylation is 2. The number of nitrogens with zero attached hydrogens (tertiary/aromatic N) is 8. The summed E-state index contributed by atoms with van der Waals surface area (Å²) in [5.41, 5.74) is 5.77. The van der Waals surface area contributed by atoms with Crippen LogP contribution in [-0.4, -0.2) is 119 Å². The summed E-state index contributed by atoms with van der Waals surface area (Å²) in [7, 11) is 0. The van der Waals surface area contributed by atoms with Crippen molar-refractivity contribution in [3.63, 3.8) is 0 Å². The largest absolute Gasteiger partial charge is 0.391 e. The molecular weight excluding hydrogens is 1020 g/mol. The second-order valence-electron chi connectivity index (χ2n) is 22.1. The minimum absolute atomic E-state index is 0.00357. The van der Waals surface area contributed by atoms with E-state index >= 15 is 0 Å². The van der Waals surface area contributed by atoms with Gasteiger partial charge in [-0.2, -0.15) is 0 Å². The molecule has 20 heteroatoms. The highest BCUT2D eigenvalue weighted by Gasteiger charge is 2.50. The summed E-state index contributed by atoms with van der Waals surface area (Å²) in [6.45, 7) is 12.1. The van der Waals surface area contributed by atoms with Gasteiger partial charge < -0.3 is 31.3 Å². The fourth-order valence-corrected chi connectivity index (χ4v) is 12.2. The minimum atomic E-state index is -1.06. The Hall–Kier alpha value is -7.09. The Labute approximate surface area is 456 Å². The topological polar surface area (TPSA) is 231 Å². The van der Waals surface area contributed by atoms with Crippen LogP contribution in [0.5, 0.6) is 0 Å². The normalized spacial score (nSPS) is 22.9. The lowest BCUT2D eigenvalue weighted by Crippen LogP contribution is -2.55. The first-order chi connectivity index (χ1) is 36.9. The second-order valence-corrected chi connectivity index (χ2v) is 23.8. The molecule has 0 radical (unpaired) electrons. The standard InChI is InChI=1S/C57H65ClN12O6S/c1-32-33(2)77-55-47(32)48(38-18-20-40(58)21-19-38)62-42(50-66-64-34(3)70(50)55)27-46(72)60-28-39-13-10-24-59-52(74)43(25-35-14-16-37(17-15-35)36-11-8-7-9-12-36)63-53(75)44-26-41(71)29-68(44)54(76)49(56(4,5)6)69-30-45(65-67-69)57(22-23-57)31-61-51(39)73/h7-9,11-12,14-21,30,39,41-44,49,71H,10,13,22-29,31H2,1-6H3,(H,59,74)(H,60,72)(H,61,73)(H,63,75)/t39-,41-,42+,43-,44+,49-/m1/s1. The zero-order valence-corrected chi connectivity index (χ0v) is 45.7. The molecule has 402 valence electrons. The number of fused-ring (bicyclic) bond motifs is 7. The summed E-state index contributed by atoms with van der Waals surface area (Å²) in [5, 5.41) is 42.8. The molecule has 6 aromatic rings. The molecule has 5 amide bonds. The van der Waals surface area contributed by atoms with E-state index in [0.717, 1.165) is 56.1 Å². The van der Waals surface area contributed by atoms with Crippen molar-refractivity contribution in [3.8, 4) is 16.1 Å². The smallest absolute Gasteiger partial charge is 0.248 e. The molecule has 1 aliphatic carbocycles. The number of carbonyl (C=O) groups is 5. The number of amides is 5. The van der Waals surface area contributed by atoms with E-state index in [0.29, 0.717) is 40.9 Å². The van der Waals surface area contributed by atoms with Gasteiger partial charge in [-0.05, 0) is 86.3 Å². The third-order valence-corrected chi connectivity index (χ3v) is 17.0. The van der Waals surface area contributed by atoms with Gasteiger partial charge >= 0.3 is 0 Å². The first-order valence-corrected chi connectivity index (χ1v) is 27.6. The van der Waals surface area contributed by atoms with Gasteiger partial charge in [-0.25, -0.2) is 4.68 Å². The number of benzene rings is 3. The van der Waals surface area contributed by atoms with E-state index in [1.54, 1.807) is 17.5 Å². The van der Waals surface area contributed by atoms with Gasteiger partial charge in [0.05, 0.1) is 36.0 Å². The van der Waals surface area contributed by atoms with Crippen molar-refractivity contribution in [2.75, 3.05) is 26.2 Å². The van der Waals surface area contributed by atoms with Crippen LogP contribution in [0.3, 0.4) is 0 Å². The van der Waals surface area contributed by atoms with Crippen LogP contribution in [0.25, 0.3) is 16.1 Å². The first kappa shape index (κ1) is 53.3. The summed E-state index contributed by atoms with van der Waals surface area (Å²) in [4.78, 5) is 80.0. The number of aliphatic hydroxyl groups is 1. The van der Waals surface area contributed by atoms with E-state index in [2.05, 4.69) is 55.6 Å². The zero-order chi connectivity index (χ0) is 54.3. The molecule has 6 atom stereocenters. The van der Waals surface area contributed by atoms with Crippen molar-refractivity contribution in [2.24, 2.45) is 16.3 Å². The highest BCUT2D eigenvalue weighted by molar-refractivity contribution is 7.15. The molecule has 6 heterocycles. The Kier molecular flexibility index (Phi) is 15.1. The van der Waals surface area contributed by atoms with E-state index in [4.69, 9.17) is 16.6 Å². The van der Waals surface area contributed by atoms with Crippen molar-refractivity contribution < 1.29 is 29.1 Å². The van der Waals surface area contributed by atoms with Crippen LogP contribution in [0.1, 0.15) is 116 Å². The van der Waals surface area contributed by atoms with Crippen molar-refractivity contribution in [1.29, 1.82) is 0 Å². The van der Waals surface area contributed by atoms with Crippen LogP contribution in [0.4, 0.5) is 0 Å². The summed E-state index contributed by atoms with van der Waals surface area (Å²) in [6.07, 6.45) is 2.94. The van der Waals surface area contributed by atoms with Gasteiger partial charge in [-0.15, -0.1) is 26.6 Å². The molecule has 18 nitrogen and oxygen atoms in total. The van der Waals surface area contributed by atoms with Gasteiger partial charge in [-0.3, -0.25) is 33.5 Å². The highest BCUT2D eigenvalue weighted by Crippen LogP contribution is 2.47. The maximum Gasteiger partial charge on any atom is 0.248 e. The summed E-state index contributed by atoms with van der Waals surface area (Å²) >= 11 is 7.95. The molecule has 10 rings (SSSR count). The number of hydrogen-bond acceptors (Lipinski definition) is 12. The lowest BCUT2D eigenvalue weighted by molar-refractivity contribution is -0.144. The summed E-state index contributed by atoms with van der Waals surface area (Å²) in [5.74, 6) is -1.55. The SMILES string of the molecule is Cc1sc2c(c1C)C(c1ccc(Cl)cc1)=N[C@@H](CC(=O)NC[C@H]1CCCNC(=O)[C@@H](Cc3ccc(-c4ccccc4)cc3)NC(=O)[C@@H]3C[C@@H](O)CN3C(=O)[C@H](C(C)(C)C)n3cc(nn3)C3(CC3)CNC1=O)c1nnc(C)n1-2. The van der Waals surface area contributed by atoms with Crippen molar-refractivity contribution in [2.45, 2.75) is 122 Å². The molecule has 1 spiro atoms.